The maximum atomic E-state index is 12.8. The van der Waals surface area contributed by atoms with Gasteiger partial charge in [-0.25, -0.2) is 19.2 Å². The number of pyridine rings is 2. The van der Waals surface area contributed by atoms with Crippen LogP contribution in [0.4, 0.5) is 0 Å². The fourth-order valence-corrected chi connectivity index (χ4v) is 5.71. The van der Waals surface area contributed by atoms with Gasteiger partial charge in [-0.05, 0) is 52.0 Å². The zero-order valence-corrected chi connectivity index (χ0v) is 33.8. The third-order valence-corrected chi connectivity index (χ3v) is 8.70. The lowest BCUT2D eigenvalue weighted by molar-refractivity contribution is -0.146. The lowest BCUT2D eigenvalue weighted by atomic mass is 10.1. The van der Waals surface area contributed by atoms with Gasteiger partial charge in [0.05, 0.1) is 64.5 Å². The van der Waals surface area contributed by atoms with Gasteiger partial charge in [0.15, 0.2) is 0 Å². The lowest BCUT2D eigenvalue weighted by Crippen LogP contribution is -2.41. The Morgan fingerprint density at radius 3 is 1.86 bits per heavy atom. The first-order valence-electron chi connectivity index (χ1n) is 16.6. The Labute approximate surface area is 339 Å². The van der Waals surface area contributed by atoms with Gasteiger partial charge >= 0.3 is 35.3 Å². The number of nitrogens with zero attached hydrogens (tertiary/aromatic N) is 10. The number of hydrogen-bond acceptors (Lipinski definition) is 20. The minimum Gasteiger partial charge on any atom is -0.469 e. The quantitative estimate of drug-likeness (QED) is 0.0619. The van der Waals surface area contributed by atoms with Crippen LogP contribution in [-0.2, 0) is 47.7 Å². The molecule has 0 aliphatic heterocycles. The second-order valence-corrected chi connectivity index (χ2v) is 12.7. The van der Waals surface area contributed by atoms with E-state index in [-0.39, 0.29) is 36.0 Å². The molecule has 0 saturated heterocycles. The van der Waals surface area contributed by atoms with Gasteiger partial charge in [0.25, 0.3) is 0 Å². The van der Waals surface area contributed by atoms with Crippen LogP contribution in [0.2, 0.25) is 0 Å². The Hall–Kier alpha value is -6.50. The molecule has 4 aromatic heterocycles. The van der Waals surface area contributed by atoms with Crippen molar-refractivity contribution in [3.05, 3.63) is 76.1 Å². The number of ketones is 1. The van der Waals surface area contributed by atoms with Crippen molar-refractivity contribution < 1.29 is 47.7 Å². The number of ether oxygens (including phenoxy) is 4. The van der Waals surface area contributed by atoms with Crippen molar-refractivity contribution in [3.63, 3.8) is 0 Å². The predicted molar refractivity (Wildman–Crippen MR) is 207 cm³/mol. The van der Waals surface area contributed by atoms with E-state index in [2.05, 4.69) is 58.2 Å². The number of carbonyl (C=O) groups is 6. The van der Waals surface area contributed by atoms with Crippen LogP contribution < -0.4 is 16.7 Å². The van der Waals surface area contributed by atoms with Crippen molar-refractivity contribution >= 4 is 66.2 Å². The second-order valence-electron chi connectivity index (χ2n) is 11.2. The number of tetrazole rings is 2. The second kappa shape index (κ2) is 24.9. The molecule has 23 nitrogen and oxygen atoms in total. The normalized spacial score (nSPS) is 12.0. The number of amides is 1. The summed E-state index contributed by atoms with van der Waals surface area (Å²) in [6, 6.07) is 5.98. The van der Waals surface area contributed by atoms with Crippen LogP contribution in [0.1, 0.15) is 32.1 Å². The molecule has 3 atom stereocenters. The van der Waals surface area contributed by atoms with Gasteiger partial charge < -0.3 is 29.1 Å². The summed E-state index contributed by atoms with van der Waals surface area (Å²) >= 11 is 4.98. The standard InChI is InChI=1S/C17H21N5O6S.C10H9N5O3.C6H11NO3S/c1-11(23)7-12(16(25)28-3)10-29-14(8-15(24)27-2)22-17(26)21(19-20-22)13-5-4-6-18-9-13;1-18-9(16)4-6-14-10(17)15(13-12-14)8-3-2-5-11-7-8;1-4(8)7-5(3-11)6(9)10-2/h4-6,9,12,14H,7-8,10H2,1-3H3;2-7H,1H3;5,11H,3H2,1-2H3,(H,7,8)/b;6-4+;/t12-,14?;;5-/m0.0/s1. The molecule has 0 aromatic carbocycles. The van der Waals surface area contributed by atoms with Gasteiger partial charge in [-0.2, -0.15) is 31.4 Å². The van der Waals surface area contributed by atoms with Crippen molar-refractivity contribution in [1.82, 2.24) is 54.9 Å². The summed E-state index contributed by atoms with van der Waals surface area (Å²) in [4.78, 5) is 99.8. The predicted octanol–water partition coefficient (Wildman–Crippen LogP) is -0.551. The monoisotopic (exact) mass is 847 g/mol. The maximum absolute atomic E-state index is 12.8. The highest BCUT2D eigenvalue weighted by Crippen LogP contribution is 2.28. The molecule has 0 fully saturated rings. The largest absolute Gasteiger partial charge is 0.469 e. The number of thiol groups is 1. The highest BCUT2D eigenvalue weighted by Gasteiger charge is 2.27. The number of hydrogen-bond donors (Lipinski definition) is 2. The van der Waals surface area contributed by atoms with E-state index in [9.17, 15) is 38.4 Å². The summed E-state index contributed by atoms with van der Waals surface area (Å²) < 4.78 is 22.3. The number of esters is 4. The molecule has 0 bridgehead atoms. The van der Waals surface area contributed by atoms with E-state index < -0.39 is 52.6 Å². The number of rotatable bonds is 16. The van der Waals surface area contributed by atoms with Crippen LogP contribution in [-0.4, -0.2) is 131 Å². The van der Waals surface area contributed by atoms with Crippen molar-refractivity contribution in [2.24, 2.45) is 5.92 Å². The van der Waals surface area contributed by atoms with Gasteiger partial charge in [0.2, 0.25) is 5.91 Å². The Balaban J connectivity index is 0.000000339. The van der Waals surface area contributed by atoms with Crippen LogP contribution in [0.15, 0.2) is 64.7 Å². The Kier molecular flexibility index (Phi) is 20.5. The number of thioether (sulfide) groups is 1. The summed E-state index contributed by atoms with van der Waals surface area (Å²) in [7, 11) is 4.96. The number of carbonyl (C=O) groups excluding carboxylic acids is 6. The molecule has 1 amide bonds. The number of aromatic nitrogens is 10. The van der Waals surface area contributed by atoms with Gasteiger partial charge in [-0.1, -0.05) is 0 Å². The molecule has 4 rings (SSSR count). The molecule has 1 unspecified atom stereocenters. The molecule has 58 heavy (non-hydrogen) atoms. The Morgan fingerprint density at radius 2 is 1.38 bits per heavy atom. The average Bonchev–Trinajstić information content (AvgIpc) is 3.81. The first-order chi connectivity index (χ1) is 27.7. The van der Waals surface area contributed by atoms with Crippen LogP contribution in [0.25, 0.3) is 17.6 Å². The molecule has 0 aliphatic rings. The Bertz CT molecular complexity index is 2120. The summed E-state index contributed by atoms with van der Waals surface area (Å²) in [5.41, 5.74) is -0.196. The fraction of sp³-hybridized carbons (Fsp3) is 0.394. The smallest absolute Gasteiger partial charge is 0.372 e. The molecular weight excluding hydrogens is 807 g/mol. The van der Waals surface area contributed by atoms with Crippen molar-refractivity contribution in [1.29, 1.82) is 0 Å². The molecule has 4 heterocycles. The molecule has 0 spiro atoms. The molecule has 0 radical (unpaired) electrons. The highest BCUT2D eigenvalue weighted by atomic mass is 32.2. The van der Waals surface area contributed by atoms with E-state index in [1.54, 1.807) is 36.7 Å². The minimum absolute atomic E-state index is 0.0120. The molecule has 4 aromatic rings. The first kappa shape index (κ1) is 47.7. The maximum Gasteiger partial charge on any atom is 0.372 e. The molecule has 0 aliphatic carbocycles. The summed E-state index contributed by atoms with van der Waals surface area (Å²) in [6.07, 6.45) is 8.11. The van der Waals surface area contributed by atoms with E-state index in [0.29, 0.717) is 11.4 Å². The van der Waals surface area contributed by atoms with Gasteiger partial charge in [-0.3, -0.25) is 24.4 Å². The SMILES string of the molecule is COC(=O)/C=C/n1nnn(-c2cccnc2)c1=O.COC(=O)CC(SC[C@H](CC(C)=O)C(=O)OC)n1nnn(-c2cccnc2)c1=O.COC(=O)[C@H](CS)NC(C)=O. The van der Waals surface area contributed by atoms with Gasteiger partial charge in [0.1, 0.15) is 17.2 Å². The third-order valence-electron chi connectivity index (χ3n) is 6.99. The first-order valence-corrected chi connectivity index (χ1v) is 18.3. The van der Waals surface area contributed by atoms with E-state index in [1.165, 1.54) is 60.9 Å². The summed E-state index contributed by atoms with van der Waals surface area (Å²) in [5, 5.41) is 16.5. The molecule has 1 N–H and O–H groups in total. The van der Waals surface area contributed by atoms with E-state index in [4.69, 9.17) is 9.47 Å². The summed E-state index contributed by atoms with van der Waals surface area (Å²) in [6.45, 7) is 2.70. The topological polar surface area (TPSA) is 283 Å². The summed E-state index contributed by atoms with van der Waals surface area (Å²) in [5.74, 6) is -2.95. The van der Waals surface area contributed by atoms with Crippen LogP contribution in [0.3, 0.4) is 0 Å². The zero-order chi connectivity index (χ0) is 43.2. The van der Waals surface area contributed by atoms with Gasteiger partial charge in [0, 0.05) is 49.5 Å². The highest BCUT2D eigenvalue weighted by molar-refractivity contribution is 7.99. The van der Waals surface area contributed by atoms with E-state index in [1.807, 2.05) is 0 Å². The number of nitrogens with one attached hydrogen (secondary N) is 1. The molecule has 25 heteroatoms. The minimum atomic E-state index is -0.792. The van der Waals surface area contributed by atoms with Crippen LogP contribution in [0, 0.1) is 5.92 Å². The number of Topliss-reactive ketones (excluding diaryl/α,β-unsaturated/α-hetero) is 1. The third kappa shape index (κ3) is 15.2. The van der Waals surface area contributed by atoms with E-state index in [0.717, 1.165) is 36.6 Å². The van der Waals surface area contributed by atoms with Crippen molar-refractivity contribution in [2.45, 2.75) is 38.1 Å². The van der Waals surface area contributed by atoms with Gasteiger partial charge in [-0.15, -0.1) is 11.8 Å². The zero-order valence-electron chi connectivity index (χ0n) is 32.1. The Morgan fingerprint density at radius 1 is 0.793 bits per heavy atom. The molecule has 0 saturated carbocycles. The van der Waals surface area contributed by atoms with Crippen LogP contribution >= 0.6 is 24.4 Å². The fourth-order valence-electron chi connectivity index (χ4n) is 4.23. The molecular formula is C33H41N11O12S2. The molecule has 312 valence electrons. The average molecular weight is 848 g/mol. The number of methoxy groups -OCH3 is 4. The lowest BCUT2D eigenvalue weighted by Gasteiger charge is -2.18. The van der Waals surface area contributed by atoms with E-state index >= 15 is 0 Å². The van der Waals surface area contributed by atoms with Crippen molar-refractivity contribution in [2.75, 3.05) is 39.9 Å². The van der Waals surface area contributed by atoms with Crippen LogP contribution in [0.5, 0.6) is 0 Å². The van der Waals surface area contributed by atoms with Crippen molar-refractivity contribution in [3.8, 4) is 11.4 Å².